The van der Waals surface area contributed by atoms with E-state index in [-0.39, 0.29) is 52.6 Å². The number of carboxylic acids is 1. The molecule has 4 saturated carbocycles. The van der Waals surface area contributed by atoms with Gasteiger partial charge in [-0.1, -0.05) is 53.2 Å². The fourth-order valence-electron chi connectivity index (χ4n) is 14.8. The molecule has 0 bridgehead atoms. The van der Waals surface area contributed by atoms with Crippen molar-refractivity contribution in [3.63, 3.8) is 0 Å². The highest BCUT2D eigenvalue weighted by Crippen LogP contribution is 2.76. The number of fused-ring (bicyclic) bond motifs is 7. The van der Waals surface area contributed by atoms with E-state index < -0.39 is 116 Å². The van der Waals surface area contributed by atoms with Gasteiger partial charge in [-0.2, -0.15) is 0 Å². The lowest BCUT2D eigenvalue weighted by atomic mass is 9.33. The summed E-state index contributed by atoms with van der Waals surface area (Å²) in [5.41, 5.74) is -0.704. The molecule has 17 nitrogen and oxygen atoms in total. The largest absolute Gasteiger partial charge is 0.481 e. The highest BCUT2D eigenvalue weighted by Gasteiger charge is 2.70. The summed E-state index contributed by atoms with van der Waals surface area (Å²) >= 11 is 0. The van der Waals surface area contributed by atoms with E-state index in [1.807, 2.05) is 6.92 Å². The number of rotatable bonds is 9. The van der Waals surface area contributed by atoms with E-state index in [2.05, 4.69) is 40.7 Å². The van der Waals surface area contributed by atoms with Gasteiger partial charge in [0.25, 0.3) is 0 Å². The van der Waals surface area contributed by atoms with E-state index in [1.165, 1.54) is 12.5 Å². The maximum absolute atomic E-state index is 13.1. The molecule has 23 atom stereocenters. The lowest BCUT2D eigenvalue weighted by Gasteiger charge is -2.71. The lowest BCUT2D eigenvalue weighted by Crippen LogP contribution is -2.67. The third-order valence-electron chi connectivity index (χ3n) is 19.1. The number of aliphatic hydroxyl groups excluding tert-OH is 9. The Bertz CT molecular complexity index is 1750. The Balaban J connectivity index is 1.05. The minimum absolute atomic E-state index is 0.00757. The summed E-state index contributed by atoms with van der Waals surface area (Å²) in [5, 5.41) is 108. The SMILES string of the molecule is C[C@@H]1O[C@@H](O[C@H]2[C@H](O[C@H]3CC[C@@]4(C)[C@@H](CC[C@]5(C)[C@@H]4CC=C4[C@@H]6CC(C)(C)CC[C@]6(C(=O)O)CC[C@]45C)[C@]3(C)CO)OC[C@H](O[C@@H]3O[C@H](CO)C(O)C(O)C3O)[C@@H]2O)[C@H](O)[C@H](O)[C@H]1O. The quantitative estimate of drug-likeness (QED) is 0.116. The van der Waals surface area contributed by atoms with E-state index in [4.69, 9.17) is 28.4 Å². The summed E-state index contributed by atoms with van der Waals surface area (Å²) in [7, 11) is 0. The second-order valence-corrected chi connectivity index (χ2v) is 22.9. The lowest BCUT2D eigenvalue weighted by molar-refractivity contribution is -0.381. The maximum atomic E-state index is 13.1. The van der Waals surface area contributed by atoms with Gasteiger partial charge in [-0.3, -0.25) is 4.79 Å². The number of ether oxygens (including phenoxy) is 6. The van der Waals surface area contributed by atoms with Crippen molar-refractivity contribution in [1.82, 2.24) is 0 Å². The molecule has 8 aliphatic rings. The molecule has 0 radical (unpaired) electrons. The van der Waals surface area contributed by atoms with Crippen molar-refractivity contribution in [3.05, 3.63) is 11.6 Å². The first-order valence-electron chi connectivity index (χ1n) is 23.7. The van der Waals surface area contributed by atoms with Crippen LogP contribution < -0.4 is 0 Å². The second-order valence-electron chi connectivity index (χ2n) is 22.9. The van der Waals surface area contributed by atoms with Gasteiger partial charge in [-0.25, -0.2) is 0 Å². The molecule has 366 valence electrons. The van der Waals surface area contributed by atoms with Gasteiger partial charge in [0.15, 0.2) is 18.9 Å². The predicted octanol–water partition coefficient (Wildman–Crippen LogP) is 1.35. The van der Waals surface area contributed by atoms with Gasteiger partial charge in [0.05, 0.1) is 37.4 Å². The fourth-order valence-corrected chi connectivity index (χ4v) is 14.8. The van der Waals surface area contributed by atoms with Crippen molar-refractivity contribution in [3.8, 4) is 0 Å². The summed E-state index contributed by atoms with van der Waals surface area (Å²) in [6.45, 7) is 14.0. The molecule has 0 aromatic carbocycles. The van der Waals surface area contributed by atoms with E-state index in [9.17, 15) is 55.9 Å². The molecular formula is C47H76O17. The zero-order valence-corrected chi connectivity index (χ0v) is 38.5. The monoisotopic (exact) mass is 913 g/mol. The average molecular weight is 913 g/mol. The number of allylic oxidation sites excluding steroid dienone is 2. The number of aliphatic carboxylic acids is 1. The molecule has 3 aliphatic heterocycles. The van der Waals surface area contributed by atoms with Crippen molar-refractivity contribution >= 4 is 5.97 Å². The first-order chi connectivity index (χ1) is 29.9. The van der Waals surface area contributed by atoms with Gasteiger partial charge in [0, 0.05) is 5.41 Å². The molecule has 0 amide bonds. The second kappa shape index (κ2) is 17.2. The molecule has 8 rings (SSSR count). The molecule has 3 unspecified atom stereocenters. The Morgan fingerprint density at radius 1 is 0.719 bits per heavy atom. The van der Waals surface area contributed by atoms with Crippen LogP contribution in [0.15, 0.2) is 11.6 Å². The van der Waals surface area contributed by atoms with E-state index in [0.717, 1.165) is 44.9 Å². The van der Waals surface area contributed by atoms with Crippen molar-refractivity contribution in [2.75, 3.05) is 19.8 Å². The van der Waals surface area contributed by atoms with Gasteiger partial charge >= 0.3 is 5.97 Å². The van der Waals surface area contributed by atoms with Crippen molar-refractivity contribution < 1.29 is 84.3 Å². The summed E-state index contributed by atoms with van der Waals surface area (Å²) in [5.74, 6) is -0.441. The molecule has 7 fully saturated rings. The van der Waals surface area contributed by atoms with Crippen molar-refractivity contribution in [1.29, 1.82) is 0 Å². The zero-order valence-electron chi connectivity index (χ0n) is 38.5. The summed E-state index contributed by atoms with van der Waals surface area (Å²) < 4.78 is 36.5. The molecule has 5 aliphatic carbocycles. The van der Waals surface area contributed by atoms with Crippen molar-refractivity contribution in [2.24, 2.45) is 50.2 Å². The van der Waals surface area contributed by atoms with E-state index >= 15 is 0 Å². The predicted molar refractivity (Wildman–Crippen MR) is 225 cm³/mol. The molecule has 3 heterocycles. The zero-order chi connectivity index (χ0) is 46.7. The molecule has 0 spiro atoms. The van der Waals surface area contributed by atoms with E-state index in [0.29, 0.717) is 19.3 Å². The molecule has 17 heteroatoms. The first kappa shape index (κ1) is 49.0. The van der Waals surface area contributed by atoms with Crippen LogP contribution in [-0.4, -0.2) is 169 Å². The number of hydrogen-bond donors (Lipinski definition) is 10. The third kappa shape index (κ3) is 7.49. The average Bonchev–Trinajstić information content (AvgIpc) is 3.24. The topological polar surface area (TPSA) is 275 Å². The number of aliphatic hydroxyl groups is 9. The highest BCUT2D eigenvalue weighted by atomic mass is 16.8. The van der Waals surface area contributed by atoms with Crippen LogP contribution >= 0.6 is 0 Å². The van der Waals surface area contributed by atoms with Gasteiger partial charge < -0.3 is 79.5 Å². The van der Waals surface area contributed by atoms with Gasteiger partial charge in [-0.15, -0.1) is 0 Å². The molecule has 3 saturated heterocycles. The van der Waals surface area contributed by atoms with Gasteiger partial charge in [0.2, 0.25) is 0 Å². The fraction of sp³-hybridized carbons (Fsp3) is 0.936. The minimum Gasteiger partial charge on any atom is -0.481 e. The minimum atomic E-state index is -1.77. The Labute approximate surface area is 376 Å². The van der Waals surface area contributed by atoms with Crippen LogP contribution in [0.3, 0.4) is 0 Å². The van der Waals surface area contributed by atoms with Crippen LogP contribution in [0, 0.1) is 50.2 Å². The first-order valence-corrected chi connectivity index (χ1v) is 23.7. The Hall–Kier alpha value is -1.39. The Morgan fingerprint density at radius 2 is 1.38 bits per heavy atom. The number of carbonyl (C=O) groups is 1. The molecule has 0 aromatic rings. The van der Waals surface area contributed by atoms with Crippen LogP contribution in [0.2, 0.25) is 0 Å². The summed E-state index contributed by atoms with van der Waals surface area (Å²) in [6, 6.07) is 0. The van der Waals surface area contributed by atoms with Crippen LogP contribution in [-0.2, 0) is 33.2 Å². The van der Waals surface area contributed by atoms with Crippen LogP contribution in [0.25, 0.3) is 0 Å². The molecule has 0 aromatic heterocycles. The van der Waals surface area contributed by atoms with Gasteiger partial charge in [0.1, 0.15) is 61.0 Å². The summed E-state index contributed by atoms with van der Waals surface area (Å²) in [6.07, 6.45) is -11.7. The molecular weight excluding hydrogens is 837 g/mol. The highest BCUT2D eigenvalue weighted by molar-refractivity contribution is 5.76. The normalized spacial score (nSPS) is 55.0. The molecule has 10 N–H and O–H groups in total. The number of carboxylic acid groups (broad SMARTS) is 1. The smallest absolute Gasteiger partial charge is 0.310 e. The Kier molecular flexibility index (Phi) is 13.2. The van der Waals surface area contributed by atoms with E-state index in [1.54, 1.807) is 0 Å². The number of hydrogen-bond acceptors (Lipinski definition) is 16. The van der Waals surface area contributed by atoms with Crippen molar-refractivity contribution in [2.45, 2.75) is 205 Å². The standard InChI is InChI=1S/C47H76O17/c1-22-30(50)33(53)35(55)38(60-22)64-37-32(52)26(62-39-36(56)34(54)31(51)25(19-48)61-39)20-59-40(37)63-29-11-12-43(4)27(44(29,5)21-49)10-13-46(7)28(43)9-8-23-24-18-42(2,3)14-16-47(24,41(57)58)17-15-45(23,46)6/h8,22,24-40,48-56H,9-21H2,1-7H3,(H,57,58)/t22-,24-,25+,26-,27+,28+,29-,30-,31?,32-,33+,34?,35+,36?,37+,38-,39-,40-,43-,44-,45+,46+,47-/m0/s1. The summed E-state index contributed by atoms with van der Waals surface area (Å²) in [4.78, 5) is 13.1. The van der Waals surface area contributed by atoms with Crippen LogP contribution in [0.5, 0.6) is 0 Å². The third-order valence-corrected chi connectivity index (χ3v) is 19.1. The maximum Gasteiger partial charge on any atom is 0.310 e. The van der Waals surface area contributed by atoms with Crippen LogP contribution in [0.4, 0.5) is 0 Å². The van der Waals surface area contributed by atoms with Crippen LogP contribution in [0.1, 0.15) is 113 Å². The van der Waals surface area contributed by atoms with Gasteiger partial charge in [-0.05, 0) is 111 Å². The molecule has 64 heavy (non-hydrogen) atoms. The Morgan fingerprint density at radius 3 is 2.03 bits per heavy atom.